The van der Waals surface area contributed by atoms with E-state index in [1.54, 1.807) is 12.1 Å². The van der Waals surface area contributed by atoms with Crippen LogP contribution in [-0.4, -0.2) is 45.3 Å². The zero-order valence-corrected chi connectivity index (χ0v) is 25.7. The summed E-state index contributed by atoms with van der Waals surface area (Å²) in [5, 5.41) is 1.06. The van der Waals surface area contributed by atoms with Gasteiger partial charge in [0.25, 0.3) is 0 Å². The average Bonchev–Trinajstić information content (AvgIpc) is 3.26. The number of imidazole rings is 1. The number of fused-ring (bicyclic) bond motifs is 2. The van der Waals surface area contributed by atoms with Gasteiger partial charge < -0.3 is 18.8 Å². The molecule has 7 nitrogen and oxygen atoms in total. The van der Waals surface area contributed by atoms with Gasteiger partial charge in [-0.05, 0) is 92.8 Å². The van der Waals surface area contributed by atoms with Crippen molar-refractivity contribution in [1.29, 1.82) is 0 Å². The predicted molar refractivity (Wildman–Crippen MR) is 164 cm³/mol. The molecule has 0 aliphatic carbocycles. The minimum Gasteiger partial charge on any atom is -0.489 e. The van der Waals surface area contributed by atoms with Gasteiger partial charge in [-0.1, -0.05) is 35.3 Å². The molecule has 0 N–H and O–H groups in total. The molecule has 220 valence electrons. The molecule has 0 unspecified atom stereocenters. The minimum absolute atomic E-state index is 0.156. The molecule has 2 aliphatic rings. The van der Waals surface area contributed by atoms with Crippen molar-refractivity contribution in [3.8, 4) is 5.75 Å². The van der Waals surface area contributed by atoms with Crippen molar-refractivity contribution in [1.82, 2.24) is 14.5 Å². The number of hydrogen-bond acceptors (Lipinski definition) is 6. The molecule has 0 bridgehead atoms. The zero-order chi connectivity index (χ0) is 29.4. The fraction of sp³-hybridized carbons (Fsp3) is 0.394. The highest BCUT2D eigenvalue weighted by atomic mass is 35.5. The summed E-state index contributed by atoms with van der Waals surface area (Å²) in [4.78, 5) is 20.2. The van der Waals surface area contributed by atoms with E-state index >= 15 is 0 Å². The van der Waals surface area contributed by atoms with Gasteiger partial charge in [0, 0.05) is 19.7 Å². The van der Waals surface area contributed by atoms with Crippen LogP contribution in [0.1, 0.15) is 60.1 Å². The lowest BCUT2D eigenvalue weighted by Gasteiger charge is -2.30. The Kier molecular flexibility index (Phi) is 8.20. The fourth-order valence-electron chi connectivity index (χ4n) is 5.41. The number of carbonyl (C=O) groups is 1. The van der Waals surface area contributed by atoms with E-state index in [-0.39, 0.29) is 12.1 Å². The Balaban J connectivity index is 1.20. The van der Waals surface area contributed by atoms with Crippen LogP contribution in [0.2, 0.25) is 10.0 Å². The summed E-state index contributed by atoms with van der Waals surface area (Å²) in [7, 11) is 0. The maximum absolute atomic E-state index is 12.8. The summed E-state index contributed by atoms with van der Waals surface area (Å²) in [5.74, 6) is 1.46. The second-order valence-electron chi connectivity index (χ2n) is 12.1. The standard InChI is InChI=1S/C33H35Cl2N3O4/c1-33(2,3)42-32(39)23-6-9-29-30(16-23)38(18-26-11-13-40-26)31(36-29)19-37-12-10-22-5-7-25(15-24(22)17-37)41-20-21-4-8-27(34)28(35)14-21/h4-9,14-16,26H,10-13,17-20H2,1-3H3/t26-/m0/s1. The van der Waals surface area contributed by atoms with Gasteiger partial charge in [0.1, 0.15) is 23.8 Å². The van der Waals surface area contributed by atoms with Crippen molar-refractivity contribution < 1.29 is 19.0 Å². The molecule has 0 spiro atoms. The SMILES string of the molecule is CC(C)(C)OC(=O)c1ccc2nc(CN3CCc4ccc(OCc5ccc(Cl)c(Cl)c5)cc4C3)n(C[C@@H]3CCO3)c2c1. The third-order valence-electron chi connectivity index (χ3n) is 7.67. The third kappa shape index (κ3) is 6.60. The minimum atomic E-state index is -0.559. The van der Waals surface area contributed by atoms with Crippen LogP contribution in [0.4, 0.5) is 0 Å². The van der Waals surface area contributed by atoms with E-state index in [2.05, 4.69) is 21.6 Å². The molecule has 42 heavy (non-hydrogen) atoms. The summed E-state index contributed by atoms with van der Waals surface area (Å²) in [6.07, 6.45) is 2.13. The normalized spacial score (nSPS) is 17.1. The van der Waals surface area contributed by atoms with E-state index in [9.17, 15) is 4.79 Å². The number of carbonyl (C=O) groups excluding carboxylic acids is 1. The van der Waals surface area contributed by atoms with Gasteiger partial charge in [-0.2, -0.15) is 0 Å². The van der Waals surface area contributed by atoms with Crippen molar-refractivity contribution in [3.63, 3.8) is 0 Å². The smallest absolute Gasteiger partial charge is 0.338 e. The van der Waals surface area contributed by atoms with Crippen molar-refractivity contribution in [3.05, 3.63) is 92.7 Å². The van der Waals surface area contributed by atoms with Crippen LogP contribution in [0.5, 0.6) is 5.75 Å². The highest BCUT2D eigenvalue weighted by molar-refractivity contribution is 6.42. The Hall–Kier alpha value is -3.10. The number of esters is 1. The summed E-state index contributed by atoms with van der Waals surface area (Å²) < 4.78 is 19.7. The van der Waals surface area contributed by atoms with Crippen molar-refractivity contribution in [2.45, 2.75) is 71.6 Å². The number of nitrogens with zero attached hydrogens (tertiary/aromatic N) is 3. The summed E-state index contributed by atoms with van der Waals surface area (Å²) in [6, 6.07) is 17.5. The van der Waals surface area contributed by atoms with Crippen molar-refractivity contribution >= 4 is 40.2 Å². The van der Waals surface area contributed by atoms with Gasteiger partial charge >= 0.3 is 5.97 Å². The summed E-state index contributed by atoms with van der Waals surface area (Å²) in [6.45, 7) is 9.96. The predicted octanol–water partition coefficient (Wildman–Crippen LogP) is 7.22. The van der Waals surface area contributed by atoms with Crippen LogP contribution in [0.3, 0.4) is 0 Å². The monoisotopic (exact) mass is 607 g/mol. The Bertz CT molecular complexity index is 1620. The van der Waals surface area contributed by atoms with Gasteiger partial charge in [-0.3, -0.25) is 4.90 Å². The Labute approximate surface area is 256 Å². The maximum atomic E-state index is 12.8. The van der Waals surface area contributed by atoms with Crippen molar-refractivity contribution in [2.24, 2.45) is 0 Å². The third-order valence-corrected chi connectivity index (χ3v) is 8.40. The molecule has 1 aromatic heterocycles. The molecular weight excluding hydrogens is 573 g/mol. The number of aromatic nitrogens is 2. The molecule has 1 atom stereocenters. The summed E-state index contributed by atoms with van der Waals surface area (Å²) >= 11 is 12.2. The van der Waals surface area contributed by atoms with Crippen LogP contribution in [-0.2, 0) is 42.1 Å². The Morgan fingerprint density at radius 1 is 1.05 bits per heavy atom. The van der Waals surface area contributed by atoms with Gasteiger partial charge in [0.15, 0.2) is 0 Å². The number of benzene rings is 3. The molecule has 6 rings (SSSR count). The first-order valence-electron chi connectivity index (χ1n) is 14.4. The van der Waals surface area contributed by atoms with Crippen LogP contribution in [0, 0.1) is 0 Å². The fourth-order valence-corrected chi connectivity index (χ4v) is 5.73. The highest BCUT2D eigenvalue weighted by Gasteiger charge is 2.25. The lowest BCUT2D eigenvalue weighted by atomic mass is 9.99. The molecular formula is C33H35Cl2N3O4. The number of rotatable bonds is 8. The molecule has 0 saturated carbocycles. The Morgan fingerprint density at radius 2 is 1.88 bits per heavy atom. The van der Waals surface area contributed by atoms with E-state index in [1.165, 1.54) is 11.1 Å². The van der Waals surface area contributed by atoms with Gasteiger partial charge in [-0.15, -0.1) is 0 Å². The van der Waals surface area contributed by atoms with Crippen molar-refractivity contribution in [2.75, 3.05) is 13.2 Å². The van der Waals surface area contributed by atoms with E-state index in [0.29, 0.717) is 35.3 Å². The Morgan fingerprint density at radius 3 is 2.62 bits per heavy atom. The maximum Gasteiger partial charge on any atom is 0.338 e. The largest absolute Gasteiger partial charge is 0.489 e. The molecule has 0 amide bonds. The number of halogens is 2. The van der Waals surface area contributed by atoms with Gasteiger partial charge in [0.2, 0.25) is 0 Å². The summed E-state index contributed by atoms with van der Waals surface area (Å²) in [5.41, 5.74) is 5.33. The van der Waals surface area contributed by atoms with Crippen LogP contribution < -0.4 is 4.74 Å². The lowest BCUT2D eigenvalue weighted by molar-refractivity contribution is -0.0592. The molecule has 0 radical (unpaired) electrons. The first-order valence-corrected chi connectivity index (χ1v) is 15.1. The second kappa shape index (κ2) is 11.9. The topological polar surface area (TPSA) is 65.8 Å². The molecule has 1 fully saturated rings. The highest BCUT2D eigenvalue weighted by Crippen LogP contribution is 2.29. The lowest BCUT2D eigenvalue weighted by Crippen LogP contribution is -2.34. The quantitative estimate of drug-likeness (QED) is 0.197. The van der Waals surface area contributed by atoms with E-state index < -0.39 is 5.60 Å². The first kappa shape index (κ1) is 29.0. The molecule has 4 aromatic rings. The van der Waals surface area contributed by atoms with E-state index in [0.717, 1.165) is 60.7 Å². The van der Waals surface area contributed by atoms with E-state index in [1.807, 2.05) is 51.1 Å². The number of hydrogen-bond donors (Lipinski definition) is 0. The zero-order valence-electron chi connectivity index (χ0n) is 24.2. The van der Waals surface area contributed by atoms with Gasteiger partial charge in [0.05, 0.1) is 45.8 Å². The molecule has 1 saturated heterocycles. The molecule has 3 heterocycles. The molecule has 9 heteroatoms. The van der Waals surface area contributed by atoms with Crippen LogP contribution >= 0.6 is 23.2 Å². The first-order chi connectivity index (χ1) is 20.1. The number of ether oxygens (including phenoxy) is 3. The van der Waals surface area contributed by atoms with Crippen LogP contribution in [0.15, 0.2) is 54.6 Å². The molecule has 3 aromatic carbocycles. The molecule has 2 aliphatic heterocycles. The van der Waals surface area contributed by atoms with Crippen LogP contribution in [0.25, 0.3) is 11.0 Å². The second-order valence-corrected chi connectivity index (χ2v) is 12.9. The van der Waals surface area contributed by atoms with E-state index in [4.69, 9.17) is 42.4 Å². The van der Waals surface area contributed by atoms with Gasteiger partial charge in [-0.25, -0.2) is 9.78 Å². The average molecular weight is 609 g/mol.